The molecule has 9 heteroatoms. The van der Waals surface area contributed by atoms with E-state index < -0.39 is 17.4 Å². The largest absolute Gasteiger partial charge is 0.454 e. The minimum atomic E-state index is -0.803. The van der Waals surface area contributed by atoms with Gasteiger partial charge >= 0.3 is 0 Å². The van der Waals surface area contributed by atoms with E-state index in [0.29, 0.717) is 41.1 Å². The van der Waals surface area contributed by atoms with Gasteiger partial charge in [-0.1, -0.05) is 26.3 Å². The summed E-state index contributed by atoms with van der Waals surface area (Å²) in [6, 6.07) is 8.00. The molecule has 0 aliphatic carbocycles. The minimum Gasteiger partial charge on any atom is -0.454 e. The molecule has 0 spiro atoms. The fraction of sp³-hybridized carbons (Fsp3) is 0.360. The predicted octanol–water partition coefficient (Wildman–Crippen LogP) is 2.61. The number of benzene rings is 1. The molecular weight excluding hydrogens is 436 g/mol. The number of ether oxygens (including phenoxy) is 2. The van der Waals surface area contributed by atoms with Gasteiger partial charge in [0, 0.05) is 25.0 Å². The summed E-state index contributed by atoms with van der Waals surface area (Å²) in [6.45, 7) is 6.62. The van der Waals surface area contributed by atoms with Gasteiger partial charge < -0.3 is 24.7 Å². The number of aryl methyl sites for hydroxylation is 1. The van der Waals surface area contributed by atoms with E-state index >= 15 is 0 Å². The van der Waals surface area contributed by atoms with Gasteiger partial charge in [0.2, 0.25) is 18.1 Å². The van der Waals surface area contributed by atoms with Gasteiger partial charge in [-0.3, -0.25) is 19.4 Å². The zero-order chi connectivity index (χ0) is 24.2. The smallest absolute Gasteiger partial charge is 0.257 e. The Bertz CT molecular complexity index is 1270. The average Bonchev–Trinajstić information content (AvgIpc) is 3.33. The molecule has 2 aromatic heterocycles. The number of hydrogen-bond acceptors (Lipinski definition) is 6. The lowest BCUT2D eigenvalue weighted by Crippen LogP contribution is -2.50. The Morgan fingerprint density at radius 2 is 1.94 bits per heavy atom. The van der Waals surface area contributed by atoms with E-state index in [1.807, 2.05) is 37.5 Å². The topological polar surface area (TPSA) is 112 Å². The molecule has 178 valence electrons. The Hall–Kier alpha value is -3.88. The highest BCUT2D eigenvalue weighted by atomic mass is 16.7. The zero-order valence-electron chi connectivity index (χ0n) is 19.5. The maximum Gasteiger partial charge on any atom is 0.257 e. The first-order valence-corrected chi connectivity index (χ1v) is 11.4. The Morgan fingerprint density at radius 1 is 1.18 bits per heavy atom. The number of fused-ring (bicyclic) bond motifs is 2. The van der Waals surface area contributed by atoms with Gasteiger partial charge in [-0.25, -0.2) is 0 Å². The third kappa shape index (κ3) is 4.59. The summed E-state index contributed by atoms with van der Waals surface area (Å²) in [4.78, 5) is 43.7. The summed E-state index contributed by atoms with van der Waals surface area (Å²) in [5.41, 5.74) is 0.912. The van der Waals surface area contributed by atoms with Crippen LogP contribution < -0.4 is 25.5 Å². The third-order valence-electron chi connectivity index (χ3n) is 6.11. The Labute approximate surface area is 197 Å². The number of carbonyl (C=O) groups is 2. The summed E-state index contributed by atoms with van der Waals surface area (Å²) in [5.74, 6) is -0.0300. The number of pyridine rings is 2. The van der Waals surface area contributed by atoms with E-state index in [2.05, 4.69) is 15.6 Å². The molecule has 1 aromatic carbocycles. The normalized spacial score (nSPS) is 14.0. The van der Waals surface area contributed by atoms with Gasteiger partial charge in [0.25, 0.3) is 5.91 Å². The van der Waals surface area contributed by atoms with E-state index in [4.69, 9.17) is 9.47 Å². The minimum absolute atomic E-state index is 0.0287. The lowest BCUT2D eigenvalue weighted by Gasteiger charge is -2.23. The van der Waals surface area contributed by atoms with Crippen LogP contribution in [0.1, 0.15) is 43.2 Å². The Kier molecular flexibility index (Phi) is 6.81. The van der Waals surface area contributed by atoms with Crippen molar-refractivity contribution in [1.29, 1.82) is 0 Å². The molecule has 2 amide bonds. The SMILES string of the molecule is CCC(C)[C@H](NC(=O)c1cn(CC)c2cc3c(cc2c1=O)OCO3)C(=O)NCc1ccccn1. The third-order valence-corrected chi connectivity index (χ3v) is 6.11. The highest BCUT2D eigenvalue weighted by molar-refractivity contribution is 6.00. The summed E-state index contributed by atoms with van der Waals surface area (Å²) in [5, 5.41) is 5.98. The molecule has 1 aliphatic heterocycles. The van der Waals surface area contributed by atoms with Crippen molar-refractivity contribution >= 4 is 22.7 Å². The molecule has 1 aliphatic rings. The summed E-state index contributed by atoms with van der Waals surface area (Å²) in [6.07, 6.45) is 3.85. The second-order valence-corrected chi connectivity index (χ2v) is 8.26. The molecule has 1 unspecified atom stereocenters. The molecule has 34 heavy (non-hydrogen) atoms. The van der Waals surface area contributed by atoms with Crippen molar-refractivity contribution < 1.29 is 19.1 Å². The first-order valence-electron chi connectivity index (χ1n) is 11.4. The molecule has 0 fully saturated rings. The van der Waals surface area contributed by atoms with Crippen molar-refractivity contribution in [2.24, 2.45) is 5.92 Å². The standard InChI is InChI=1S/C25H28N4O5/c1-4-15(3)22(25(32)27-12-16-8-6-7-9-26-16)28-24(31)18-13-29(5-2)19-11-21-20(33-14-34-21)10-17(19)23(18)30/h6-11,13,15,22H,4-5,12,14H2,1-3H3,(H,27,32)(H,28,31)/t15?,22-/m0/s1. The van der Waals surface area contributed by atoms with Crippen LogP contribution in [0.2, 0.25) is 0 Å². The van der Waals surface area contributed by atoms with E-state index in [9.17, 15) is 14.4 Å². The average molecular weight is 465 g/mol. The molecule has 0 bridgehead atoms. The molecule has 0 saturated carbocycles. The van der Waals surface area contributed by atoms with Crippen LogP contribution in [0.4, 0.5) is 0 Å². The predicted molar refractivity (Wildman–Crippen MR) is 127 cm³/mol. The zero-order valence-corrected chi connectivity index (χ0v) is 19.5. The van der Waals surface area contributed by atoms with Crippen molar-refractivity contribution in [1.82, 2.24) is 20.2 Å². The fourth-order valence-corrected chi connectivity index (χ4v) is 3.91. The van der Waals surface area contributed by atoms with Crippen LogP contribution in [0.3, 0.4) is 0 Å². The molecule has 3 aromatic rings. The number of nitrogens with zero attached hydrogens (tertiary/aromatic N) is 2. The number of aromatic nitrogens is 2. The maximum absolute atomic E-state index is 13.3. The van der Waals surface area contributed by atoms with Gasteiger partial charge in [0.1, 0.15) is 11.6 Å². The van der Waals surface area contributed by atoms with Gasteiger partial charge in [-0.05, 0) is 31.0 Å². The van der Waals surface area contributed by atoms with Gasteiger partial charge in [0.15, 0.2) is 11.5 Å². The van der Waals surface area contributed by atoms with Crippen molar-refractivity contribution in [2.45, 2.75) is 46.3 Å². The second kappa shape index (κ2) is 9.94. The Balaban J connectivity index is 1.61. The Morgan fingerprint density at radius 3 is 2.62 bits per heavy atom. The number of amides is 2. The monoisotopic (exact) mass is 464 g/mol. The van der Waals surface area contributed by atoms with E-state index in [1.54, 1.807) is 24.4 Å². The van der Waals surface area contributed by atoms with E-state index in [-0.39, 0.29) is 30.7 Å². The van der Waals surface area contributed by atoms with Crippen molar-refractivity contribution in [3.05, 3.63) is 64.2 Å². The molecule has 9 nitrogen and oxygen atoms in total. The number of carbonyl (C=O) groups excluding carboxylic acids is 2. The molecular formula is C25H28N4O5. The first kappa shape index (κ1) is 23.3. The number of hydrogen-bond donors (Lipinski definition) is 2. The molecule has 2 N–H and O–H groups in total. The molecule has 0 saturated heterocycles. The van der Waals surface area contributed by atoms with Crippen molar-refractivity contribution in [3.63, 3.8) is 0 Å². The first-order chi connectivity index (χ1) is 16.4. The lowest BCUT2D eigenvalue weighted by molar-refractivity contribution is -0.124. The fourth-order valence-electron chi connectivity index (χ4n) is 3.91. The quantitative estimate of drug-likeness (QED) is 0.530. The van der Waals surface area contributed by atoms with Gasteiger partial charge in [-0.15, -0.1) is 0 Å². The van der Waals surface area contributed by atoms with Gasteiger partial charge in [-0.2, -0.15) is 0 Å². The van der Waals surface area contributed by atoms with E-state index in [1.165, 1.54) is 6.20 Å². The molecule has 3 heterocycles. The van der Waals surface area contributed by atoms with Crippen LogP contribution in [-0.4, -0.2) is 34.2 Å². The molecule has 4 rings (SSSR count). The van der Waals surface area contributed by atoms with Crippen LogP contribution in [0.15, 0.2) is 47.5 Å². The van der Waals surface area contributed by atoms with E-state index in [0.717, 1.165) is 0 Å². The summed E-state index contributed by atoms with van der Waals surface area (Å²) in [7, 11) is 0. The number of nitrogens with one attached hydrogen (secondary N) is 2. The number of rotatable bonds is 8. The van der Waals surface area contributed by atoms with Crippen LogP contribution in [0.5, 0.6) is 11.5 Å². The molecule has 0 radical (unpaired) electrons. The highest BCUT2D eigenvalue weighted by Crippen LogP contribution is 2.35. The van der Waals surface area contributed by atoms with Crippen LogP contribution in [-0.2, 0) is 17.9 Å². The lowest BCUT2D eigenvalue weighted by atomic mass is 9.97. The van der Waals surface area contributed by atoms with Crippen molar-refractivity contribution in [3.8, 4) is 11.5 Å². The molecule has 2 atom stereocenters. The summed E-state index contributed by atoms with van der Waals surface area (Å²) < 4.78 is 12.7. The second-order valence-electron chi connectivity index (χ2n) is 8.26. The van der Waals surface area contributed by atoms with Crippen LogP contribution >= 0.6 is 0 Å². The van der Waals surface area contributed by atoms with Crippen LogP contribution in [0.25, 0.3) is 10.9 Å². The van der Waals surface area contributed by atoms with Crippen molar-refractivity contribution in [2.75, 3.05) is 6.79 Å². The highest BCUT2D eigenvalue weighted by Gasteiger charge is 2.28. The van der Waals surface area contributed by atoms with Gasteiger partial charge in [0.05, 0.1) is 23.1 Å². The summed E-state index contributed by atoms with van der Waals surface area (Å²) >= 11 is 0. The maximum atomic E-state index is 13.3. The van der Waals surface area contributed by atoms with Crippen LogP contribution in [0, 0.1) is 5.92 Å².